The second kappa shape index (κ2) is 5.88. The van der Waals surface area contributed by atoms with Crippen LogP contribution in [0.25, 0.3) is 16.6 Å². The summed E-state index contributed by atoms with van der Waals surface area (Å²) in [6.07, 6.45) is -1.50. The van der Waals surface area contributed by atoms with Crippen molar-refractivity contribution in [2.24, 2.45) is 0 Å². The van der Waals surface area contributed by atoms with Crippen LogP contribution in [0.3, 0.4) is 0 Å². The number of alkyl halides is 3. The average Bonchev–Trinajstić information content (AvgIpc) is 3.37. The first-order valence-electron chi connectivity index (χ1n) is 8.48. The third-order valence-corrected chi connectivity index (χ3v) is 5.26. The summed E-state index contributed by atoms with van der Waals surface area (Å²) < 4.78 is 55.5. The van der Waals surface area contributed by atoms with E-state index in [9.17, 15) is 17.6 Å². The summed E-state index contributed by atoms with van der Waals surface area (Å²) in [5.74, 6) is -0.903. The molecule has 2 atom stereocenters. The van der Waals surface area contributed by atoms with Crippen LogP contribution in [0.5, 0.6) is 0 Å². The number of nitrogens with zero attached hydrogens (tertiary/aromatic N) is 4. The number of hydrogen-bond donors (Lipinski definition) is 0. The highest BCUT2D eigenvalue weighted by molar-refractivity contribution is 6.29. The highest BCUT2D eigenvalue weighted by atomic mass is 35.5. The van der Waals surface area contributed by atoms with Crippen LogP contribution in [0.15, 0.2) is 42.7 Å². The van der Waals surface area contributed by atoms with E-state index >= 15 is 0 Å². The van der Waals surface area contributed by atoms with E-state index in [-0.39, 0.29) is 22.5 Å². The van der Waals surface area contributed by atoms with Crippen LogP contribution in [0.2, 0.25) is 5.15 Å². The number of benzene rings is 1. The number of pyridine rings is 1. The Morgan fingerprint density at radius 3 is 2.71 bits per heavy atom. The zero-order valence-electron chi connectivity index (χ0n) is 14.1. The molecule has 1 saturated carbocycles. The Bertz CT molecular complexity index is 1230. The van der Waals surface area contributed by atoms with Crippen LogP contribution >= 0.6 is 11.6 Å². The van der Waals surface area contributed by atoms with Gasteiger partial charge in [-0.25, -0.2) is 4.98 Å². The molecule has 0 spiro atoms. The lowest BCUT2D eigenvalue weighted by molar-refractivity contribution is -0.136. The van der Waals surface area contributed by atoms with Gasteiger partial charge < -0.3 is 0 Å². The summed E-state index contributed by atoms with van der Waals surface area (Å²) >= 11 is 6.00. The Kier molecular flexibility index (Phi) is 3.64. The molecule has 0 amide bonds. The molecule has 3 heterocycles. The topological polar surface area (TPSA) is 43.1 Å². The SMILES string of the molecule is Fc1cnc2c(C3CC3c3cc(C(F)(F)F)c4ncccc4c3)cc(Cl)nn12. The molecule has 4 nitrogen and oxygen atoms in total. The maximum absolute atomic E-state index is 13.8. The van der Waals surface area contributed by atoms with Gasteiger partial charge in [-0.05, 0) is 48.1 Å². The van der Waals surface area contributed by atoms with Crippen molar-refractivity contribution >= 4 is 28.2 Å². The molecule has 28 heavy (non-hydrogen) atoms. The maximum Gasteiger partial charge on any atom is 0.418 e. The quantitative estimate of drug-likeness (QED) is 0.421. The van der Waals surface area contributed by atoms with Gasteiger partial charge in [-0.1, -0.05) is 17.7 Å². The third kappa shape index (κ3) is 2.71. The molecule has 0 saturated heterocycles. The number of aromatic nitrogens is 4. The molecule has 3 aromatic heterocycles. The molecule has 9 heteroatoms. The van der Waals surface area contributed by atoms with E-state index in [1.54, 1.807) is 24.3 Å². The fourth-order valence-corrected chi connectivity index (χ4v) is 3.95. The van der Waals surface area contributed by atoms with E-state index in [0.717, 1.165) is 16.8 Å². The third-order valence-electron chi connectivity index (χ3n) is 5.08. The van der Waals surface area contributed by atoms with Crippen molar-refractivity contribution in [1.82, 2.24) is 19.6 Å². The number of imidazole rings is 1. The standard InChI is InChI=1S/C19H11ClF4N4/c20-15-7-13(18-26-8-16(21)28(18)27-15)12-6-11(12)10-4-9-2-1-3-25-17(9)14(5-10)19(22,23)24/h1-5,7-8,11-12H,6H2. The predicted molar refractivity (Wildman–Crippen MR) is 94.8 cm³/mol. The van der Waals surface area contributed by atoms with Crippen molar-refractivity contribution in [3.05, 3.63) is 70.5 Å². The van der Waals surface area contributed by atoms with Gasteiger partial charge in [0, 0.05) is 17.1 Å². The van der Waals surface area contributed by atoms with Crippen molar-refractivity contribution in [2.75, 3.05) is 0 Å². The van der Waals surface area contributed by atoms with Crippen LogP contribution in [0.1, 0.15) is 34.9 Å². The van der Waals surface area contributed by atoms with Crippen LogP contribution in [0.4, 0.5) is 17.6 Å². The minimum Gasteiger partial charge on any atom is -0.256 e. The van der Waals surface area contributed by atoms with Gasteiger partial charge in [0.2, 0.25) is 5.95 Å². The zero-order chi connectivity index (χ0) is 19.6. The van der Waals surface area contributed by atoms with Gasteiger partial charge in [-0.2, -0.15) is 27.2 Å². The second-order valence-electron chi connectivity index (χ2n) is 6.83. The first-order chi connectivity index (χ1) is 13.3. The summed E-state index contributed by atoms with van der Waals surface area (Å²) in [6, 6.07) is 7.71. The van der Waals surface area contributed by atoms with Gasteiger partial charge in [-0.3, -0.25) is 4.98 Å². The van der Waals surface area contributed by atoms with Gasteiger partial charge in [0.05, 0.1) is 17.3 Å². The molecule has 1 aromatic carbocycles. The fourth-order valence-electron chi connectivity index (χ4n) is 3.76. The molecule has 1 aliphatic rings. The summed E-state index contributed by atoms with van der Waals surface area (Å²) in [5, 5.41) is 4.41. The molecule has 5 rings (SSSR count). The highest BCUT2D eigenvalue weighted by Gasteiger charge is 2.43. The van der Waals surface area contributed by atoms with E-state index < -0.39 is 17.7 Å². The molecule has 4 aromatic rings. The number of halogens is 5. The van der Waals surface area contributed by atoms with Gasteiger partial charge in [0.1, 0.15) is 0 Å². The molecular weight excluding hydrogens is 396 g/mol. The summed E-state index contributed by atoms with van der Waals surface area (Å²) in [5.41, 5.74) is 0.745. The van der Waals surface area contributed by atoms with E-state index in [4.69, 9.17) is 11.6 Å². The molecule has 0 aliphatic heterocycles. The van der Waals surface area contributed by atoms with E-state index in [1.165, 1.54) is 6.20 Å². The molecule has 0 bridgehead atoms. The largest absolute Gasteiger partial charge is 0.418 e. The van der Waals surface area contributed by atoms with Gasteiger partial charge in [0.15, 0.2) is 10.8 Å². The first kappa shape index (κ1) is 17.4. The minimum absolute atomic E-state index is 0.0689. The second-order valence-corrected chi connectivity index (χ2v) is 7.22. The van der Waals surface area contributed by atoms with Crippen molar-refractivity contribution < 1.29 is 17.6 Å². The van der Waals surface area contributed by atoms with Gasteiger partial charge >= 0.3 is 6.18 Å². The molecule has 2 unspecified atom stereocenters. The van der Waals surface area contributed by atoms with Crippen LogP contribution in [0, 0.1) is 5.95 Å². The lowest BCUT2D eigenvalue weighted by Gasteiger charge is -2.12. The minimum atomic E-state index is -4.51. The van der Waals surface area contributed by atoms with E-state index in [0.29, 0.717) is 28.6 Å². The van der Waals surface area contributed by atoms with Crippen molar-refractivity contribution in [3.63, 3.8) is 0 Å². The van der Waals surface area contributed by atoms with Crippen molar-refractivity contribution in [3.8, 4) is 0 Å². The Hall–Kier alpha value is -2.74. The molecule has 0 radical (unpaired) electrons. The Morgan fingerprint density at radius 1 is 1.11 bits per heavy atom. The smallest absolute Gasteiger partial charge is 0.256 e. The molecule has 142 valence electrons. The first-order valence-corrected chi connectivity index (χ1v) is 8.86. The number of fused-ring (bicyclic) bond motifs is 2. The molecule has 1 fully saturated rings. The van der Waals surface area contributed by atoms with Crippen molar-refractivity contribution in [1.29, 1.82) is 0 Å². The molecule has 1 aliphatic carbocycles. The zero-order valence-corrected chi connectivity index (χ0v) is 14.8. The molecule has 0 N–H and O–H groups in total. The van der Waals surface area contributed by atoms with Crippen LogP contribution in [-0.4, -0.2) is 19.6 Å². The summed E-state index contributed by atoms with van der Waals surface area (Å²) in [6.45, 7) is 0. The van der Waals surface area contributed by atoms with Crippen LogP contribution < -0.4 is 0 Å². The number of hydrogen-bond acceptors (Lipinski definition) is 3. The normalized spacial score (nSPS) is 19.5. The Balaban J connectivity index is 1.61. The van der Waals surface area contributed by atoms with Gasteiger partial charge in [0.25, 0.3) is 0 Å². The average molecular weight is 407 g/mol. The van der Waals surface area contributed by atoms with Crippen LogP contribution in [-0.2, 0) is 6.18 Å². The van der Waals surface area contributed by atoms with E-state index in [2.05, 4.69) is 15.1 Å². The lowest BCUT2D eigenvalue weighted by atomic mass is 9.99. The van der Waals surface area contributed by atoms with Crippen molar-refractivity contribution in [2.45, 2.75) is 24.4 Å². The Labute approximate surface area is 160 Å². The fraction of sp³-hybridized carbons (Fsp3) is 0.211. The lowest BCUT2D eigenvalue weighted by Crippen LogP contribution is -2.07. The van der Waals surface area contributed by atoms with E-state index in [1.807, 2.05) is 0 Å². The summed E-state index contributed by atoms with van der Waals surface area (Å²) in [4.78, 5) is 7.93. The predicted octanol–water partition coefficient (Wildman–Crippen LogP) is 5.36. The highest BCUT2D eigenvalue weighted by Crippen LogP contribution is 2.56. The monoisotopic (exact) mass is 406 g/mol. The number of rotatable bonds is 2. The summed E-state index contributed by atoms with van der Waals surface area (Å²) in [7, 11) is 0. The van der Waals surface area contributed by atoms with Gasteiger partial charge in [-0.15, -0.1) is 0 Å². The molecular formula is C19H11ClF4N4. The maximum atomic E-state index is 13.8. The Morgan fingerprint density at radius 2 is 1.93 bits per heavy atom.